The van der Waals surface area contributed by atoms with Crippen molar-refractivity contribution in [1.82, 2.24) is 4.68 Å². The van der Waals surface area contributed by atoms with Crippen LogP contribution in [0.5, 0.6) is 5.75 Å². The molecule has 0 spiro atoms. The molecule has 1 aliphatic rings. The number of allylic oxidation sites excluding steroid dienone is 2. The second-order valence-corrected chi connectivity index (χ2v) is 6.43. The highest BCUT2D eigenvalue weighted by atomic mass is 32.1. The van der Waals surface area contributed by atoms with Gasteiger partial charge in [-0.25, -0.2) is 9.67 Å². The van der Waals surface area contributed by atoms with Crippen molar-refractivity contribution in [1.29, 1.82) is 0 Å². The van der Waals surface area contributed by atoms with Gasteiger partial charge in [-0.3, -0.25) is 0 Å². The van der Waals surface area contributed by atoms with Gasteiger partial charge in [-0.05, 0) is 44.2 Å². The fourth-order valence-corrected chi connectivity index (χ4v) is 3.33. The Hall–Kier alpha value is -2.14. The monoisotopic (exact) mass is 327 g/mol. The van der Waals surface area contributed by atoms with E-state index in [0.717, 1.165) is 34.8 Å². The lowest BCUT2D eigenvalue weighted by molar-refractivity contribution is 0.415. The molecule has 0 fully saturated rings. The van der Waals surface area contributed by atoms with Crippen molar-refractivity contribution in [3.05, 3.63) is 52.3 Å². The lowest BCUT2D eigenvalue weighted by Crippen LogP contribution is -2.13. The molecule has 0 aliphatic heterocycles. The second-order valence-electron chi connectivity index (χ2n) is 5.59. The summed E-state index contributed by atoms with van der Waals surface area (Å²) in [4.78, 5) is 5.58. The molecule has 1 aromatic heterocycles. The first kappa shape index (κ1) is 15.7. The first-order valence-corrected chi connectivity index (χ1v) is 8.69. The molecule has 1 aromatic carbocycles. The first-order chi connectivity index (χ1) is 11.3. The van der Waals surface area contributed by atoms with Crippen LogP contribution >= 0.6 is 11.3 Å². The molecule has 0 saturated carbocycles. The van der Waals surface area contributed by atoms with Crippen molar-refractivity contribution >= 4 is 23.2 Å². The highest BCUT2D eigenvalue weighted by molar-refractivity contribution is 7.07. The summed E-state index contributed by atoms with van der Waals surface area (Å²) in [6.45, 7) is 2.05. The Morgan fingerprint density at radius 3 is 3.04 bits per heavy atom. The van der Waals surface area contributed by atoms with Gasteiger partial charge in [-0.15, -0.1) is 11.3 Å². The van der Waals surface area contributed by atoms with Crippen molar-refractivity contribution < 1.29 is 4.74 Å². The maximum Gasteiger partial charge on any atom is 0.211 e. The molecule has 0 radical (unpaired) electrons. The summed E-state index contributed by atoms with van der Waals surface area (Å²) < 4.78 is 7.17. The Kier molecular flexibility index (Phi) is 5.08. The van der Waals surface area contributed by atoms with Crippen LogP contribution in [0.25, 0.3) is 0 Å². The minimum Gasteiger partial charge on any atom is -0.497 e. The van der Waals surface area contributed by atoms with Crippen molar-refractivity contribution in [2.75, 3.05) is 7.11 Å². The molecule has 0 amide bonds. The number of thiazole rings is 1. The van der Waals surface area contributed by atoms with Crippen molar-refractivity contribution in [2.45, 2.75) is 26.2 Å². The van der Waals surface area contributed by atoms with Crippen LogP contribution in [0.4, 0.5) is 5.69 Å². The molecule has 0 bridgehead atoms. The number of methoxy groups -OCH3 is 1. The second kappa shape index (κ2) is 7.42. The fourth-order valence-electron chi connectivity index (χ4n) is 2.51. The molecule has 1 unspecified atom stereocenters. The van der Waals surface area contributed by atoms with E-state index in [4.69, 9.17) is 9.73 Å². The normalized spacial score (nSPS) is 18.7. The lowest BCUT2D eigenvalue weighted by atomic mass is 9.96. The topological polar surface area (TPSA) is 38.9 Å². The summed E-state index contributed by atoms with van der Waals surface area (Å²) >= 11 is 1.60. The van der Waals surface area contributed by atoms with Crippen LogP contribution in [-0.2, 0) is 0 Å². The van der Waals surface area contributed by atoms with E-state index < -0.39 is 0 Å². The van der Waals surface area contributed by atoms with Gasteiger partial charge < -0.3 is 4.74 Å². The minimum absolute atomic E-state index is 0.525. The fraction of sp³-hybridized carbons (Fsp3) is 0.333. The third kappa shape index (κ3) is 3.99. The predicted octanol–water partition coefficient (Wildman–Crippen LogP) is 4.29. The quantitative estimate of drug-likeness (QED) is 0.610. The van der Waals surface area contributed by atoms with E-state index in [1.165, 1.54) is 6.42 Å². The van der Waals surface area contributed by atoms with E-state index in [2.05, 4.69) is 35.8 Å². The van der Waals surface area contributed by atoms with Gasteiger partial charge in [-0.2, -0.15) is 5.10 Å². The summed E-state index contributed by atoms with van der Waals surface area (Å²) in [6, 6.07) is 7.76. The van der Waals surface area contributed by atoms with Gasteiger partial charge in [-0.1, -0.05) is 18.2 Å². The first-order valence-electron chi connectivity index (χ1n) is 7.81. The highest BCUT2D eigenvalue weighted by Crippen LogP contribution is 2.19. The van der Waals surface area contributed by atoms with Gasteiger partial charge in [0.05, 0.1) is 18.5 Å². The summed E-state index contributed by atoms with van der Waals surface area (Å²) in [6.07, 6.45) is 9.95. The number of hydrogen-bond acceptors (Lipinski definition) is 4. The standard InChI is InChI=1S/C18H21N3OS/c1-14-13-23-18(20-16-9-6-10-17(11-16)22-2)21(14)19-12-15-7-4-3-5-8-15/h3-4,6,9-13,15H,5,7-8H2,1-2H3. The maximum atomic E-state index is 5.26. The Labute approximate surface area is 140 Å². The van der Waals surface area contributed by atoms with Crippen LogP contribution in [0.15, 0.2) is 51.9 Å². The number of hydrogen-bond donors (Lipinski definition) is 0. The zero-order valence-corrected chi connectivity index (χ0v) is 14.3. The van der Waals surface area contributed by atoms with Gasteiger partial charge in [0.1, 0.15) is 5.75 Å². The van der Waals surface area contributed by atoms with Gasteiger partial charge in [0, 0.05) is 17.7 Å². The number of benzene rings is 1. The summed E-state index contributed by atoms with van der Waals surface area (Å²) in [7, 11) is 1.66. The van der Waals surface area contributed by atoms with Crippen molar-refractivity contribution in [3.63, 3.8) is 0 Å². The highest BCUT2D eigenvalue weighted by Gasteiger charge is 2.07. The molecular formula is C18H21N3OS. The number of rotatable bonds is 4. The molecule has 5 heteroatoms. The van der Waals surface area contributed by atoms with Gasteiger partial charge in [0.15, 0.2) is 0 Å². The summed E-state index contributed by atoms with van der Waals surface area (Å²) in [5.74, 6) is 1.33. The number of nitrogens with zero attached hydrogens (tertiary/aromatic N) is 3. The molecule has 3 rings (SSSR count). The Balaban J connectivity index is 1.90. The van der Waals surface area contributed by atoms with Crippen molar-refractivity contribution in [2.24, 2.45) is 16.0 Å². The van der Waals surface area contributed by atoms with Crippen LogP contribution in [0.3, 0.4) is 0 Å². The number of ether oxygens (including phenoxy) is 1. The third-order valence-corrected chi connectivity index (χ3v) is 4.76. The minimum atomic E-state index is 0.525. The van der Waals surface area contributed by atoms with Crippen LogP contribution in [0, 0.1) is 12.8 Å². The molecule has 4 nitrogen and oxygen atoms in total. The van der Waals surface area contributed by atoms with Crippen LogP contribution in [0.1, 0.15) is 25.0 Å². The number of aryl methyl sites for hydroxylation is 1. The molecule has 1 atom stereocenters. The SMILES string of the molecule is COc1cccc(N=c2scc(C)n2N=CC2CC=CCC2)c1. The average molecular weight is 327 g/mol. The molecule has 0 N–H and O–H groups in total. The van der Waals surface area contributed by atoms with E-state index in [-0.39, 0.29) is 0 Å². The zero-order chi connectivity index (χ0) is 16.1. The lowest BCUT2D eigenvalue weighted by Gasteiger charge is -2.11. The largest absolute Gasteiger partial charge is 0.497 e. The molecule has 2 aromatic rings. The average Bonchev–Trinajstić information content (AvgIpc) is 2.94. The van der Waals surface area contributed by atoms with E-state index >= 15 is 0 Å². The van der Waals surface area contributed by atoms with E-state index in [9.17, 15) is 0 Å². The van der Waals surface area contributed by atoms with E-state index in [1.54, 1.807) is 18.4 Å². The Morgan fingerprint density at radius 2 is 2.26 bits per heavy atom. The van der Waals surface area contributed by atoms with Gasteiger partial charge in [0.2, 0.25) is 4.80 Å². The predicted molar refractivity (Wildman–Crippen MR) is 95.6 cm³/mol. The smallest absolute Gasteiger partial charge is 0.211 e. The van der Waals surface area contributed by atoms with E-state index in [0.29, 0.717) is 5.92 Å². The van der Waals surface area contributed by atoms with Gasteiger partial charge in [0.25, 0.3) is 0 Å². The third-order valence-electron chi connectivity index (χ3n) is 3.83. The van der Waals surface area contributed by atoms with Crippen LogP contribution in [0.2, 0.25) is 0 Å². The molecular weight excluding hydrogens is 306 g/mol. The molecule has 1 aliphatic carbocycles. The maximum absolute atomic E-state index is 5.26. The van der Waals surface area contributed by atoms with Crippen molar-refractivity contribution in [3.8, 4) is 5.75 Å². The molecule has 1 heterocycles. The zero-order valence-electron chi connectivity index (χ0n) is 13.5. The van der Waals surface area contributed by atoms with Crippen LogP contribution < -0.4 is 9.54 Å². The van der Waals surface area contributed by atoms with E-state index in [1.807, 2.05) is 28.9 Å². The molecule has 23 heavy (non-hydrogen) atoms. The van der Waals surface area contributed by atoms with Crippen LogP contribution in [-0.4, -0.2) is 18.0 Å². The van der Waals surface area contributed by atoms with Gasteiger partial charge >= 0.3 is 0 Å². The molecule has 0 saturated heterocycles. The molecule has 120 valence electrons. The Bertz CT molecular complexity index is 786. The summed E-state index contributed by atoms with van der Waals surface area (Å²) in [5.41, 5.74) is 1.97. The Morgan fingerprint density at radius 1 is 1.35 bits per heavy atom. The number of aromatic nitrogens is 1. The summed E-state index contributed by atoms with van der Waals surface area (Å²) in [5, 5.41) is 6.75.